The van der Waals surface area contributed by atoms with Gasteiger partial charge in [-0.15, -0.1) is 0 Å². The molecule has 2 unspecified atom stereocenters. The first-order chi connectivity index (χ1) is 9.15. The maximum Gasteiger partial charge on any atom is 0.220 e. The number of aromatic nitrogens is 2. The van der Waals surface area contributed by atoms with E-state index in [2.05, 4.69) is 36.1 Å². The highest BCUT2D eigenvalue weighted by Gasteiger charge is 2.21. The van der Waals surface area contributed by atoms with Gasteiger partial charge in [0.2, 0.25) is 11.8 Å². The van der Waals surface area contributed by atoms with Crippen molar-refractivity contribution in [3.05, 3.63) is 11.9 Å². The summed E-state index contributed by atoms with van der Waals surface area (Å²) in [5.74, 6) is 2.11. The molecular weight excluding hydrogens is 242 g/mol. The summed E-state index contributed by atoms with van der Waals surface area (Å²) in [6.45, 7) is 7.47. The van der Waals surface area contributed by atoms with Crippen LogP contribution in [0.15, 0.2) is 6.07 Å². The molecule has 1 rings (SSSR count). The second-order valence-electron chi connectivity index (χ2n) is 4.57. The van der Waals surface area contributed by atoms with E-state index < -0.39 is 0 Å². The number of hydrogen-bond donors (Lipinski definition) is 1. The molecule has 1 N–H and O–H groups in total. The predicted molar refractivity (Wildman–Crippen MR) is 75.9 cm³/mol. The van der Waals surface area contributed by atoms with Gasteiger partial charge in [-0.2, -0.15) is 9.97 Å². The summed E-state index contributed by atoms with van der Waals surface area (Å²) >= 11 is 0. The fourth-order valence-electron chi connectivity index (χ4n) is 2.07. The largest absolute Gasteiger partial charge is 0.481 e. The molecule has 1 heterocycles. The maximum absolute atomic E-state index is 5.20. The molecule has 5 nitrogen and oxygen atoms in total. The van der Waals surface area contributed by atoms with Gasteiger partial charge < -0.3 is 14.8 Å². The minimum atomic E-state index is 0.246. The minimum Gasteiger partial charge on any atom is -0.481 e. The van der Waals surface area contributed by atoms with Crippen molar-refractivity contribution in [3.8, 4) is 11.8 Å². The summed E-state index contributed by atoms with van der Waals surface area (Å²) < 4.78 is 10.4. The molecule has 0 radical (unpaired) electrons. The van der Waals surface area contributed by atoms with Crippen LogP contribution < -0.4 is 14.8 Å². The van der Waals surface area contributed by atoms with E-state index in [1.165, 1.54) is 0 Å². The Bertz CT molecular complexity index is 363. The van der Waals surface area contributed by atoms with Crippen LogP contribution in [0.25, 0.3) is 0 Å². The van der Waals surface area contributed by atoms with Gasteiger partial charge in [0, 0.05) is 12.0 Å². The van der Waals surface area contributed by atoms with Gasteiger partial charge in [-0.25, -0.2) is 0 Å². The van der Waals surface area contributed by atoms with Crippen molar-refractivity contribution >= 4 is 0 Å². The van der Waals surface area contributed by atoms with Crippen molar-refractivity contribution in [3.63, 3.8) is 0 Å². The van der Waals surface area contributed by atoms with Gasteiger partial charge in [-0.3, -0.25) is 0 Å². The van der Waals surface area contributed by atoms with Crippen LogP contribution in [-0.2, 0) is 0 Å². The standard InChI is InChI=1S/C14H25N3O2/c1-6-8-15-10(3)11(7-2)14-16-12(18-4)9-13(17-14)19-5/h9-11,15H,6-8H2,1-5H3. The average molecular weight is 267 g/mol. The van der Waals surface area contributed by atoms with Crippen molar-refractivity contribution in [2.24, 2.45) is 0 Å². The Morgan fingerprint density at radius 3 is 2.16 bits per heavy atom. The predicted octanol–water partition coefficient (Wildman–Crippen LogP) is 2.38. The molecule has 0 aliphatic carbocycles. The molecule has 1 aromatic rings. The highest BCUT2D eigenvalue weighted by molar-refractivity contribution is 5.22. The number of hydrogen-bond acceptors (Lipinski definition) is 5. The van der Waals surface area contributed by atoms with Gasteiger partial charge in [-0.1, -0.05) is 13.8 Å². The first-order valence-electron chi connectivity index (χ1n) is 6.86. The zero-order valence-corrected chi connectivity index (χ0v) is 12.6. The van der Waals surface area contributed by atoms with Crippen LogP contribution in [-0.4, -0.2) is 36.8 Å². The third kappa shape index (κ3) is 4.35. The lowest BCUT2D eigenvalue weighted by Crippen LogP contribution is -2.33. The highest BCUT2D eigenvalue weighted by Crippen LogP contribution is 2.24. The van der Waals surface area contributed by atoms with E-state index >= 15 is 0 Å². The zero-order valence-electron chi connectivity index (χ0n) is 12.6. The number of rotatable bonds is 8. The molecule has 0 spiro atoms. The second kappa shape index (κ2) is 7.94. The number of nitrogens with zero attached hydrogens (tertiary/aromatic N) is 2. The van der Waals surface area contributed by atoms with Crippen LogP contribution in [0.4, 0.5) is 0 Å². The summed E-state index contributed by atoms with van der Waals surface area (Å²) in [5, 5.41) is 3.50. The summed E-state index contributed by atoms with van der Waals surface area (Å²) in [7, 11) is 3.20. The Morgan fingerprint density at radius 1 is 1.16 bits per heavy atom. The van der Waals surface area contributed by atoms with E-state index in [1.807, 2.05) is 0 Å². The number of methoxy groups -OCH3 is 2. The Balaban J connectivity index is 2.96. The third-order valence-corrected chi connectivity index (χ3v) is 3.21. The normalized spacial score (nSPS) is 13.9. The minimum absolute atomic E-state index is 0.246. The number of nitrogens with one attached hydrogen (secondary N) is 1. The van der Waals surface area contributed by atoms with E-state index in [0.29, 0.717) is 17.8 Å². The van der Waals surface area contributed by atoms with Crippen LogP contribution in [0.2, 0.25) is 0 Å². The molecule has 108 valence electrons. The van der Waals surface area contributed by atoms with E-state index in [9.17, 15) is 0 Å². The van der Waals surface area contributed by atoms with Crippen molar-refractivity contribution < 1.29 is 9.47 Å². The molecule has 5 heteroatoms. The van der Waals surface area contributed by atoms with Crippen molar-refractivity contribution in [2.45, 2.75) is 45.6 Å². The van der Waals surface area contributed by atoms with E-state index in [0.717, 1.165) is 25.2 Å². The second-order valence-corrected chi connectivity index (χ2v) is 4.57. The van der Waals surface area contributed by atoms with Gasteiger partial charge in [0.1, 0.15) is 5.82 Å². The Labute approximate surface area is 115 Å². The summed E-state index contributed by atoms with van der Waals surface area (Å²) in [4.78, 5) is 8.89. The van der Waals surface area contributed by atoms with Gasteiger partial charge >= 0.3 is 0 Å². The summed E-state index contributed by atoms with van der Waals surface area (Å²) in [6, 6.07) is 2.02. The first-order valence-corrected chi connectivity index (χ1v) is 6.86. The Kier molecular flexibility index (Phi) is 6.56. The Morgan fingerprint density at radius 2 is 1.74 bits per heavy atom. The van der Waals surface area contributed by atoms with Gasteiger partial charge in [0.05, 0.1) is 20.3 Å². The molecule has 0 fully saturated rings. The molecule has 0 amide bonds. The fourth-order valence-corrected chi connectivity index (χ4v) is 2.07. The van der Waals surface area contributed by atoms with E-state index in [4.69, 9.17) is 9.47 Å². The molecule has 2 atom stereocenters. The molecule has 1 aromatic heterocycles. The van der Waals surface area contributed by atoms with Crippen LogP contribution in [0, 0.1) is 0 Å². The van der Waals surface area contributed by atoms with Gasteiger partial charge in [-0.05, 0) is 26.3 Å². The molecule has 0 saturated carbocycles. The highest BCUT2D eigenvalue weighted by atomic mass is 16.5. The summed E-state index contributed by atoms with van der Waals surface area (Å²) in [6.07, 6.45) is 2.08. The molecule has 0 saturated heterocycles. The Hall–Kier alpha value is -1.36. The van der Waals surface area contributed by atoms with E-state index in [1.54, 1.807) is 20.3 Å². The van der Waals surface area contributed by atoms with Crippen molar-refractivity contribution in [1.29, 1.82) is 0 Å². The topological polar surface area (TPSA) is 56.3 Å². The molecule has 0 bridgehead atoms. The van der Waals surface area contributed by atoms with Crippen LogP contribution >= 0.6 is 0 Å². The smallest absolute Gasteiger partial charge is 0.220 e. The molecule has 0 aromatic carbocycles. The lowest BCUT2D eigenvalue weighted by Gasteiger charge is -2.23. The molecule has 0 aliphatic rings. The van der Waals surface area contributed by atoms with E-state index in [-0.39, 0.29) is 5.92 Å². The maximum atomic E-state index is 5.20. The lowest BCUT2D eigenvalue weighted by atomic mass is 9.97. The SMILES string of the molecule is CCCNC(C)C(CC)c1nc(OC)cc(OC)n1. The van der Waals surface area contributed by atoms with Gasteiger partial charge in [0.25, 0.3) is 0 Å². The van der Waals surface area contributed by atoms with Crippen molar-refractivity contribution in [2.75, 3.05) is 20.8 Å². The van der Waals surface area contributed by atoms with Crippen LogP contribution in [0.3, 0.4) is 0 Å². The quantitative estimate of drug-likeness (QED) is 0.783. The van der Waals surface area contributed by atoms with Crippen LogP contribution in [0.1, 0.15) is 45.4 Å². The van der Waals surface area contributed by atoms with Crippen molar-refractivity contribution in [1.82, 2.24) is 15.3 Å². The average Bonchev–Trinajstić information content (AvgIpc) is 2.45. The first kappa shape index (κ1) is 15.7. The third-order valence-electron chi connectivity index (χ3n) is 3.21. The molecule has 19 heavy (non-hydrogen) atoms. The molecule has 0 aliphatic heterocycles. The van der Waals surface area contributed by atoms with Crippen LogP contribution in [0.5, 0.6) is 11.8 Å². The lowest BCUT2D eigenvalue weighted by molar-refractivity contribution is 0.357. The fraction of sp³-hybridized carbons (Fsp3) is 0.714. The van der Waals surface area contributed by atoms with Gasteiger partial charge in [0.15, 0.2) is 0 Å². The summed E-state index contributed by atoms with van der Waals surface area (Å²) in [5.41, 5.74) is 0. The number of ether oxygens (including phenoxy) is 2. The monoisotopic (exact) mass is 267 g/mol. The zero-order chi connectivity index (χ0) is 14.3. The molecular formula is C14H25N3O2.